The van der Waals surface area contributed by atoms with E-state index in [9.17, 15) is 4.79 Å². The number of hydrogen-bond acceptors (Lipinski definition) is 9. The maximum Gasteiger partial charge on any atom is 0.329 e. The number of hydrogen-bond donors (Lipinski definition) is 2. The van der Waals surface area contributed by atoms with Crippen molar-refractivity contribution in [1.82, 2.24) is 25.3 Å². The van der Waals surface area contributed by atoms with Gasteiger partial charge in [0.25, 0.3) is 5.91 Å². The van der Waals surface area contributed by atoms with E-state index in [0.29, 0.717) is 23.3 Å². The predicted molar refractivity (Wildman–Crippen MR) is 129 cm³/mol. The highest BCUT2D eigenvalue weighted by atomic mass is 35.5. The zero-order valence-corrected chi connectivity index (χ0v) is 19.3. The summed E-state index contributed by atoms with van der Waals surface area (Å²) in [6, 6.07) is 7.80. The summed E-state index contributed by atoms with van der Waals surface area (Å²) in [6.45, 7) is 4.42. The largest absolute Gasteiger partial charge is 0.405 e. The Hall–Kier alpha value is -3.24. The molecule has 1 atom stereocenters. The van der Waals surface area contributed by atoms with Crippen LogP contribution >= 0.6 is 22.9 Å². The van der Waals surface area contributed by atoms with Crippen LogP contribution in [0.2, 0.25) is 5.28 Å². The molecule has 2 N–H and O–H groups in total. The van der Waals surface area contributed by atoms with Gasteiger partial charge in [-0.25, -0.2) is 4.98 Å². The summed E-state index contributed by atoms with van der Waals surface area (Å²) in [5, 5.41) is 8.47. The molecular weight excluding hydrogens is 462 g/mol. The molecule has 4 aromatic rings. The number of ether oxygens (including phenoxy) is 1. The van der Waals surface area contributed by atoms with Crippen molar-refractivity contribution < 1.29 is 9.53 Å². The Balaban J connectivity index is 1.38. The smallest absolute Gasteiger partial charge is 0.329 e. The molecule has 1 aromatic carbocycles. The Kier molecular flexibility index (Phi) is 4.92. The highest BCUT2D eigenvalue weighted by molar-refractivity contribution is 7.21. The van der Waals surface area contributed by atoms with Crippen LogP contribution in [0.15, 0.2) is 24.3 Å². The van der Waals surface area contributed by atoms with E-state index in [-0.39, 0.29) is 23.2 Å². The van der Waals surface area contributed by atoms with E-state index in [1.165, 1.54) is 11.3 Å². The molecule has 1 fully saturated rings. The Bertz CT molecular complexity index is 1400. The molecule has 3 aromatic heterocycles. The van der Waals surface area contributed by atoms with Crippen LogP contribution in [0.4, 0.5) is 11.6 Å². The number of aromatic nitrogens is 4. The van der Waals surface area contributed by atoms with Crippen LogP contribution < -0.4 is 20.3 Å². The second-order valence-corrected chi connectivity index (χ2v) is 9.59. The third-order valence-corrected chi connectivity index (χ3v) is 7.15. The van der Waals surface area contributed by atoms with Gasteiger partial charge in [-0.15, -0.1) is 11.3 Å². The van der Waals surface area contributed by atoms with Crippen molar-refractivity contribution in [2.24, 2.45) is 0 Å². The molecule has 6 rings (SSSR count). The van der Waals surface area contributed by atoms with Gasteiger partial charge < -0.3 is 20.3 Å². The van der Waals surface area contributed by atoms with Gasteiger partial charge in [-0.1, -0.05) is 0 Å². The first-order valence-corrected chi connectivity index (χ1v) is 12.0. The van der Waals surface area contributed by atoms with Gasteiger partial charge in [0.2, 0.25) is 17.1 Å². The van der Waals surface area contributed by atoms with Crippen LogP contribution in [-0.2, 0) is 0 Å². The number of nitrogens with one attached hydrogen (secondary N) is 2. The number of anilines is 2. The number of rotatable bonds is 3. The molecule has 1 amide bonds. The Morgan fingerprint density at radius 1 is 1.12 bits per heavy atom. The average molecular weight is 482 g/mol. The van der Waals surface area contributed by atoms with Crippen LogP contribution in [0.3, 0.4) is 0 Å². The molecule has 2 aliphatic heterocycles. The minimum absolute atomic E-state index is 0.0507. The van der Waals surface area contributed by atoms with Crippen LogP contribution in [0.5, 0.6) is 11.9 Å². The van der Waals surface area contributed by atoms with Crippen molar-refractivity contribution in [2.75, 3.05) is 29.9 Å². The third kappa shape index (κ3) is 3.68. The SMILES string of the molecule is C[C@H]1CNc2c(sc3ccc4nc(Oc5nc(Cl)nc(N6CCCC6)n5)ccc4c23)C(=O)N1. The van der Waals surface area contributed by atoms with Gasteiger partial charge in [0, 0.05) is 47.2 Å². The molecule has 0 bridgehead atoms. The minimum atomic E-state index is -0.0507. The molecule has 0 unspecified atom stereocenters. The first kappa shape index (κ1) is 20.4. The molecule has 33 heavy (non-hydrogen) atoms. The van der Waals surface area contributed by atoms with Crippen LogP contribution in [0, 0.1) is 0 Å². The van der Waals surface area contributed by atoms with E-state index in [1.807, 2.05) is 25.1 Å². The molecule has 11 heteroatoms. The Labute approximate surface area is 198 Å². The van der Waals surface area contributed by atoms with Gasteiger partial charge in [-0.05, 0) is 49.6 Å². The first-order valence-electron chi connectivity index (χ1n) is 10.8. The summed E-state index contributed by atoms with van der Waals surface area (Å²) in [5.41, 5.74) is 1.61. The highest BCUT2D eigenvalue weighted by Crippen LogP contribution is 2.41. The van der Waals surface area contributed by atoms with Gasteiger partial charge in [-0.2, -0.15) is 15.0 Å². The number of carbonyl (C=O) groups excluding carboxylic acids is 1. The maximum atomic E-state index is 12.6. The zero-order chi connectivity index (χ0) is 22.5. The van der Waals surface area contributed by atoms with E-state index < -0.39 is 0 Å². The average Bonchev–Trinajstić information content (AvgIpc) is 3.43. The van der Waals surface area contributed by atoms with Gasteiger partial charge in [0.05, 0.1) is 11.2 Å². The Morgan fingerprint density at radius 2 is 1.97 bits per heavy atom. The quantitative estimate of drug-likeness (QED) is 0.448. The number of amides is 1. The summed E-state index contributed by atoms with van der Waals surface area (Å²) in [4.78, 5) is 32.8. The van der Waals surface area contributed by atoms with Crippen molar-refractivity contribution in [3.63, 3.8) is 0 Å². The fourth-order valence-electron chi connectivity index (χ4n) is 4.28. The lowest BCUT2D eigenvalue weighted by Gasteiger charge is -2.15. The molecule has 0 spiro atoms. The summed E-state index contributed by atoms with van der Waals surface area (Å²) >= 11 is 7.60. The number of thiophene rings is 1. The second-order valence-electron chi connectivity index (χ2n) is 8.20. The van der Waals surface area contributed by atoms with Crippen molar-refractivity contribution in [3.05, 3.63) is 34.4 Å². The van der Waals surface area contributed by atoms with Crippen LogP contribution in [0.25, 0.3) is 21.0 Å². The maximum absolute atomic E-state index is 12.6. The number of pyridine rings is 1. The lowest BCUT2D eigenvalue weighted by Crippen LogP contribution is -2.34. The molecule has 2 aliphatic rings. The molecule has 0 aliphatic carbocycles. The number of carbonyl (C=O) groups is 1. The van der Waals surface area contributed by atoms with E-state index in [1.54, 1.807) is 6.07 Å². The normalized spacial score (nSPS) is 18.2. The monoisotopic (exact) mass is 481 g/mol. The fraction of sp³-hybridized carbons (Fsp3) is 0.318. The van der Waals surface area contributed by atoms with Crippen molar-refractivity contribution in [2.45, 2.75) is 25.8 Å². The second kappa shape index (κ2) is 7.96. The fourth-order valence-corrected chi connectivity index (χ4v) is 5.53. The molecule has 0 radical (unpaired) electrons. The molecule has 1 saturated heterocycles. The van der Waals surface area contributed by atoms with Crippen LogP contribution in [0.1, 0.15) is 29.4 Å². The summed E-state index contributed by atoms with van der Waals surface area (Å²) < 4.78 is 6.89. The van der Waals surface area contributed by atoms with Crippen molar-refractivity contribution >= 4 is 61.5 Å². The topological polar surface area (TPSA) is 105 Å². The Morgan fingerprint density at radius 3 is 2.82 bits per heavy atom. The number of benzene rings is 1. The standard InChI is InChI=1S/C22H20ClN7O2S/c1-11-10-24-17-16-12-4-7-15(26-13(12)5-6-14(16)33-18(17)19(31)25-11)32-22-28-20(23)27-21(29-22)30-8-2-3-9-30/h4-7,11,24H,2-3,8-10H2,1H3,(H,25,31)/t11-/m0/s1. The predicted octanol–water partition coefficient (Wildman–Crippen LogP) is 4.22. The third-order valence-electron chi connectivity index (χ3n) is 5.83. The molecule has 168 valence electrons. The lowest BCUT2D eigenvalue weighted by molar-refractivity contribution is 0.0949. The van der Waals surface area contributed by atoms with Gasteiger partial charge in [-0.3, -0.25) is 4.79 Å². The van der Waals surface area contributed by atoms with Gasteiger partial charge in [0.15, 0.2) is 0 Å². The summed E-state index contributed by atoms with van der Waals surface area (Å²) in [7, 11) is 0. The molecule has 0 saturated carbocycles. The number of fused-ring (bicyclic) bond motifs is 5. The van der Waals surface area contributed by atoms with Gasteiger partial charge in [0.1, 0.15) is 4.88 Å². The summed E-state index contributed by atoms with van der Waals surface area (Å²) in [5.74, 6) is 0.826. The van der Waals surface area contributed by atoms with E-state index >= 15 is 0 Å². The van der Waals surface area contributed by atoms with Crippen molar-refractivity contribution in [3.8, 4) is 11.9 Å². The van der Waals surface area contributed by atoms with E-state index in [0.717, 1.165) is 52.6 Å². The number of halogens is 1. The summed E-state index contributed by atoms with van der Waals surface area (Å²) in [6.07, 6.45) is 2.20. The molecule has 9 nitrogen and oxygen atoms in total. The lowest BCUT2D eigenvalue weighted by atomic mass is 10.1. The van der Waals surface area contributed by atoms with Crippen molar-refractivity contribution in [1.29, 1.82) is 0 Å². The molecular formula is C22H20ClN7O2S. The van der Waals surface area contributed by atoms with Crippen LogP contribution in [-0.4, -0.2) is 51.5 Å². The van der Waals surface area contributed by atoms with E-state index in [2.05, 4.69) is 35.5 Å². The first-order chi connectivity index (χ1) is 16.0. The minimum Gasteiger partial charge on any atom is -0.405 e. The number of nitrogens with zero attached hydrogens (tertiary/aromatic N) is 5. The van der Waals surface area contributed by atoms with E-state index in [4.69, 9.17) is 16.3 Å². The van der Waals surface area contributed by atoms with Gasteiger partial charge >= 0.3 is 6.01 Å². The highest BCUT2D eigenvalue weighted by Gasteiger charge is 2.25. The zero-order valence-electron chi connectivity index (χ0n) is 17.8. The molecule has 5 heterocycles.